The van der Waals surface area contributed by atoms with Gasteiger partial charge in [0, 0.05) is 18.0 Å². The molecule has 4 rings (SSSR count). The summed E-state index contributed by atoms with van der Waals surface area (Å²) < 4.78 is 1.09. The van der Waals surface area contributed by atoms with Gasteiger partial charge in [-0.15, -0.1) is 0 Å². The smallest absolute Gasteiger partial charge is 0.260 e. The SMILES string of the molecule is Cc1cc2nc(N(Cc3cccnc3)C(=O)c3ccccc3C)sc2cc1C. The Bertz CT molecular complexity index is 1110. The van der Waals surface area contributed by atoms with E-state index in [1.165, 1.54) is 11.1 Å². The van der Waals surface area contributed by atoms with Crippen LogP contribution >= 0.6 is 11.3 Å². The van der Waals surface area contributed by atoms with Crippen molar-refractivity contribution in [1.29, 1.82) is 0 Å². The molecule has 0 saturated carbocycles. The molecular formula is C23H21N3OS. The van der Waals surface area contributed by atoms with Crippen LogP contribution in [-0.2, 0) is 6.54 Å². The van der Waals surface area contributed by atoms with E-state index in [0.717, 1.165) is 21.3 Å². The first-order chi connectivity index (χ1) is 13.5. The number of hydrogen-bond acceptors (Lipinski definition) is 4. The van der Waals surface area contributed by atoms with Crippen LogP contribution in [0.2, 0.25) is 0 Å². The molecule has 2 aromatic heterocycles. The van der Waals surface area contributed by atoms with Crippen molar-refractivity contribution in [1.82, 2.24) is 9.97 Å². The summed E-state index contributed by atoms with van der Waals surface area (Å²) in [5.41, 5.74) is 5.97. The molecule has 0 N–H and O–H groups in total. The van der Waals surface area contributed by atoms with Gasteiger partial charge in [0.2, 0.25) is 0 Å². The lowest BCUT2D eigenvalue weighted by atomic mass is 10.1. The van der Waals surface area contributed by atoms with Crippen LogP contribution in [0.5, 0.6) is 0 Å². The van der Waals surface area contributed by atoms with Crippen LogP contribution in [0.1, 0.15) is 32.6 Å². The summed E-state index contributed by atoms with van der Waals surface area (Å²) in [4.78, 5) is 24.2. The predicted molar refractivity (Wildman–Crippen MR) is 115 cm³/mol. The fourth-order valence-corrected chi connectivity index (χ4v) is 4.19. The number of pyridine rings is 1. The number of amides is 1. The number of rotatable bonds is 4. The Morgan fingerprint density at radius 3 is 2.54 bits per heavy atom. The summed E-state index contributed by atoms with van der Waals surface area (Å²) >= 11 is 1.55. The van der Waals surface area contributed by atoms with Gasteiger partial charge in [-0.3, -0.25) is 14.7 Å². The van der Waals surface area contributed by atoms with Crippen LogP contribution in [0.4, 0.5) is 5.13 Å². The van der Waals surface area contributed by atoms with Gasteiger partial charge in [-0.1, -0.05) is 35.6 Å². The van der Waals surface area contributed by atoms with Crippen molar-refractivity contribution in [2.45, 2.75) is 27.3 Å². The first-order valence-electron chi connectivity index (χ1n) is 9.17. The molecule has 0 bridgehead atoms. The number of fused-ring (bicyclic) bond motifs is 1. The average molecular weight is 388 g/mol. The average Bonchev–Trinajstić information content (AvgIpc) is 3.09. The first-order valence-corrected chi connectivity index (χ1v) is 9.99. The fourth-order valence-electron chi connectivity index (χ4n) is 3.14. The van der Waals surface area contributed by atoms with Crippen molar-refractivity contribution >= 4 is 32.6 Å². The van der Waals surface area contributed by atoms with E-state index >= 15 is 0 Å². The highest BCUT2D eigenvalue weighted by molar-refractivity contribution is 7.22. The normalized spacial score (nSPS) is 11.0. The second kappa shape index (κ2) is 7.52. The standard InChI is InChI=1S/C23H21N3OS/c1-15-7-4-5-9-19(15)22(27)26(14-18-8-6-10-24-13-18)23-25-20-11-16(2)17(3)12-21(20)28-23/h4-13H,14H2,1-3H3. The molecule has 28 heavy (non-hydrogen) atoms. The van der Waals surface area contributed by atoms with Crippen molar-refractivity contribution in [3.05, 3.63) is 88.7 Å². The van der Waals surface area contributed by atoms with Gasteiger partial charge in [-0.25, -0.2) is 4.98 Å². The van der Waals surface area contributed by atoms with E-state index in [0.29, 0.717) is 17.2 Å². The summed E-state index contributed by atoms with van der Waals surface area (Å²) in [5.74, 6) is -0.0468. The number of carbonyl (C=O) groups is 1. The maximum absolute atomic E-state index is 13.5. The zero-order valence-corrected chi connectivity index (χ0v) is 17.0. The summed E-state index contributed by atoms with van der Waals surface area (Å²) in [5, 5.41) is 0.706. The highest BCUT2D eigenvalue weighted by Crippen LogP contribution is 2.32. The summed E-state index contributed by atoms with van der Waals surface area (Å²) in [6.07, 6.45) is 3.53. The van der Waals surface area contributed by atoms with Crippen molar-refractivity contribution in [2.24, 2.45) is 0 Å². The second-order valence-electron chi connectivity index (χ2n) is 6.97. The summed E-state index contributed by atoms with van der Waals surface area (Å²) in [6.45, 7) is 6.57. The Morgan fingerprint density at radius 2 is 1.79 bits per heavy atom. The molecule has 0 fully saturated rings. The number of carbonyl (C=O) groups excluding carboxylic acids is 1. The van der Waals surface area contributed by atoms with Gasteiger partial charge in [0.25, 0.3) is 5.91 Å². The minimum Gasteiger partial charge on any atom is -0.279 e. The summed E-state index contributed by atoms with van der Waals surface area (Å²) in [7, 11) is 0. The maximum Gasteiger partial charge on any atom is 0.260 e. The largest absolute Gasteiger partial charge is 0.279 e. The molecule has 0 spiro atoms. The van der Waals surface area contributed by atoms with Crippen molar-refractivity contribution < 1.29 is 4.79 Å². The quantitative estimate of drug-likeness (QED) is 0.467. The van der Waals surface area contributed by atoms with Crippen LogP contribution < -0.4 is 4.90 Å². The van der Waals surface area contributed by atoms with Crippen LogP contribution in [0.25, 0.3) is 10.2 Å². The lowest BCUT2D eigenvalue weighted by Crippen LogP contribution is -2.30. The molecule has 0 saturated heterocycles. The van der Waals surface area contributed by atoms with Gasteiger partial charge >= 0.3 is 0 Å². The molecule has 4 nitrogen and oxygen atoms in total. The molecule has 5 heteroatoms. The Balaban J connectivity index is 1.81. The third kappa shape index (κ3) is 3.53. The van der Waals surface area contributed by atoms with Gasteiger partial charge in [-0.05, 0) is 67.3 Å². The van der Waals surface area contributed by atoms with E-state index in [1.807, 2.05) is 43.3 Å². The Kier molecular flexibility index (Phi) is 4.92. The number of hydrogen-bond donors (Lipinski definition) is 0. The van der Waals surface area contributed by atoms with Crippen LogP contribution in [0.3, 0.4) is 0 Å². The zero-order valence-electron chi connectivity index (χ0n) is 16.1. The van der Waals surface area contributed by atoms with Crippen LogP contribution in [0, 0.1) is 20.8 Å². The molecule has 1 amide bonds. The van der Waals surface area contributed by atoms with Crippen LogP contribution in [-0.4, -0.2) is 15.9 Å². The highest BCUT2D eigenvalue weighted by Gasteiger charge is 2.23. The molecule has 0 unspecified atom stereocenters. The molecule has 2 heterocycles. The molecule has 4 aromatic rings. The van der Waals surface area contributed by atoms with E-state index < -0.39 is 0 Å². The number of thiazole rings is 1. The number of nitrogens with zero attached hydrogens (tertiary/aromatic N) is 3. The molecule has 0 aliphatic carbocycles. The number of benzene rings is 2. The van der Waals surface area contributed by atoms with Gasteiger partial charge in [-0.2, -0.15) is 0 Å². The van der Waals surface area contributed by atoms with E-state index in [1.54, 1.807) is 28.6 Å². The minimum absolute atomic E-state index is 0.0468. The second-order valence-corrected chi connectivity index (χ2v) is 7.98. The van der Waals surface area contributed by atoms with Crippen molar-refractivity contribution in [3.8, 4) is 0 Å². The number of aromatic nitrogens is 2. The Morgan fingerprint density at radius 1 is 1.00 bits per heavy atom. The van der Waals surface area contributed by atoms with Crippen molar-refractivity contribution in [2.75, 3.05) is 4.90 Å². The van der Waals surface area contributed by atoms with Gasteiger partial charge < -0.3 is 0 Å². The predicted octanol–water partition coefficient (Wildman–Crippen LogP) is 5.46. The molecule has 2 aromatic carbocycles. The maximum atomic E-state index is 13.5. The van der Waals surface area contributed by atoms with E-state index in [-0.39, 0.29) is 5.91 Å². The topological polar surface area (TPSA) is 46.1 Å². The van der Waals surface area contributed by atoms with E-state index in [2.05, 4.69) is 31.0 Å². The highest BCUT2D eigenvalue weighted by atomic mass is 32.1. The van der Waals surface area contributed by atoms with Gasteiger partial charge in [0.15, 0.2) is 5.13 Å². The number of aryl methyl sites for hydroxylation is 3. The lowest BCUT2D eigenvalue weighted by Gasteiger charge is -2.21. The van der Waals surface area contributed by atoms with Gasteiger partial charge in [0.1, 0.15) is 0 Å². The minimum atomic E-state index is -0.0468. The molecule has 140 valence electrons. The molecular weight excluding hydrogens is 366 g/mol. The van der Waals surface area contributed by atoms with Crippen molar-refractivity contribution in [3.63, 3.8) is 0 Å². The van der Waals surface area contributed by atoms with E-state index in [4.69, 9.17) is 4.98 Å². The fraction of sp³-hybridized carbons (Fsp3) is 0.174. The first kappa shape index (κ1) is 18.3. The third-order valence-corrected chi connectivity index (χ3v) is 5.95. The molecule has 0 aliphatic rings. The molecule has 0 aliphatic heterocycles. The summed E-state index contributed by atoms with van der Waals surface area (Å²) in [6, 6.07) is 15.8. The monoisotopic (exact) mass is 387 g/mol. The Labute approximate surface area is 168 Å². The molecule has 0 atom stereocenters. The zero-order chi connectivity index (χ0) is 19.7. The van der Waals surface area contributed by atoms with Gasteiger partial charge in [0.05, 0.1) is 16.8 Å². The molecule has 0 radical (unpaired) electrons. The Hall–Kier alpha value is -3.05. The van der Waals surface area contributed by atoms with Crippen LogP contribution in [0.15, 0.2) is 60.9 Å². The lowest BCUT2D eigenvalue weighted by molar-refractivity contribution is 0.0984. The van der Waals surface area contributed by atoms with E-state index in [9.17, 15) is 4.79 Å². The number of anilines is 1. The third-order valence-electron chi connectivity index (χ3n) is 4.91.